The predicted octanol–water partition coefficient (Wildman–Crippen LogP) is 2.90. The third-order valence-electron chi connectivity index (χ3n) is 4.64. The Hall–Kier alpha value is -1.35. The number of piperidine rings is 1. The number of nitrogens with zero attached hydrogens (tertiary/aromatic N) is 1. The minimum absolute atomic E-state index is 0.0326. The van der Waals surface area contributed by atoms with Crippen LogP contribution >= 0.6 is 0 Å². The van der Waals surface area contributed by atoms with Crippen LogP contribution in [0.2, 0.25) is 0 Å². The smallest absolute Gasteiger partial charge is 0.222 e. The molecule has 3 heteroatoms. The van der Waals surface area contributed by atoms with Gasteiger partial charge >= 0.3 is 0 Å². The molecular formula is C18H28N2O. The van der Waals surface area contributed by atoms with Gasteiger partial charge in [-0.1, -0.05) is 43.7 Å². The van der Waals surface area contributed by atoms with E-state index in [0.29, 0.717) is 6.42 Å². The van der Waals surface area contributed by atoms with Gasteiger partial charge in [0.1, 0.15) is 0 Å². The zero-order chi connectivity index (χ0) is 15.5. The van der Waals surface area contributed by atoms with Crippen LogP contribution in [0.4, 0.5) is 0 Å². The lowest BCUT2D eigenvalue weighted by Crippen LogP contribution is -2.53. The minimum Gasteiger partial charge on any atom is -0.342 e. The average Bonchev–Trinajstić information content (AvgIpc) is 2.44. The number of aryl methyl sites for hydroxylation is 2. The van der Waals surface area contributed by atoms with E-state index in [1.807, 2.05) is 4.90 Å². The van der Waals surface area contributed by atoms with Crippen LogP contribution in [0.3, 0.4) is 0 Å². The number of hydrogen-bond acceptors (Lipinski definition) is 2. The van der Waals surface area contributed by atoms with E-state index in [-0.39, 0.29) is 17.4 Å². The van der Waals surface area contributed by atoms with Crippen molar-refractivity contribution in [3.63, 3.8) is 0 Å². The average molecular weight is 288 g/mol. The molecule has 1 aromatic carbocycles. The molecule has 1 fully saturated rings. The minimum atomic E-state index is 0.0326. The maximum absolute atomic E-state index is 12.3. The van der Waals surface area contributed by atoms with E-state index in [2.05, 4.69) is 45.0 Å². The largest absolute Gasteiger partial charge is 0.342 e. The van der Waals surface area contributed by atoms with E-state index in [0.717, 1.165) is 32.4 Å². The molecule has 116 valence electrons. The number of rotatable bonds is 4. The first-order valence-electron chi connectivity index (χ1n) is 7.97. The molecule has 2 rings (SSSR count). The first kappa shape index (κ1) is 16.0. The lowest BCUT2D eigenvalue weighted by atomic mass is 9.79. The summed E-state index contributed by atoms with van der Waals surface area (Å²) in [5, 5.41) is 0. The summed E-state index contributed by atoms with van der Waals surface area (Å²) in [6.45, 7) is 8.01. The molecule has 0 radical (unpaired) electrons. The van der Waals surface area contributed by atoms with Gasteiger partial charge in [-0.2, -0.15) is 0 Å². The van der Waals surface area contributed by atoms with Crippen molar-refractivity contribution in [2.75, 3.05) is 13.1 Å². The van der Waals surface area contributed by atoms with Gasteiger partial charge in [0, 0.05) is 25.6 Å². The number of likely N-dealkylation sites (tertiary alicyclic amines) is 1. The highest BCUT2D eigenvalue weighted by atomic mass is 16.2. The van der Waals surface area contributed by atoms with Gasteiger partial charge in [-0.3, -0.25) is 4.79 Å². The molecule has 1 aromatic rings. The van der Waals surface area contributed by atoms with E-state index in [9.17, 15) is 4.79 Å². The Morgan fingerprint density at radius 1 is 1.33 bits per heavy atom. The van der Waals surface area contributed by atoms with Gasteiger partial charge in [-0.25, -0.2) is 0 Å². The molecule has 0 bridgehead atoms. The maximum atomic E-state index is 12.3. The molecule has 0 saturated carbocycles. The number of hydrogen-bond donors (Lipinski definition) is 1. The molecule has 1 aliphatic rings. The zero-order valence-electron chi connectivity index (χ0n) is 13.6. The number of benzene rings is 1. The molecule has 0 aliphatic carbocycles. The van der Waals surface area contributed by atoms with Gasteiger partial charge in [-0.05, 0) is 37.2 Å². The Kier molecular flexibility index (Phi) is 5.04. The number of carbonyl (C=O) groups excluding carboxylic acids is 1. The fraction of sp³-hybridized carbons (Fsp3) is 0.611. The highest BCUT2D eigenvalue weighted by Gasteiger charge is 2.34. The highest BCUT2D eigenvalue weighted by Crippen LogP contribution is 2.28. The quantitative estimate of drug-likeness (QED) is 0.926. The molecule has 0 aromatic heterocycles. The van der Waals surface area contributed by atoms with Crippen molar-refractivity contribution < 1.29 is 4.79 Å². The highest BCUT2D eigenvalue weighted by molar-refractivity contribution is 5.76. The molecule has 1 heterocycles. The van der Waals surface area contributed by atoms with Gasteiger partial charge < -0.3 is 10.6 Å². The third-order valence-corrected chi connectivity index (χ3v) is 4.64. The molecular weight excluding hydrogens is 260 g/mol. The second-order valence-corrected chi connectivity index (χ2v) is 7.04. The van der Waals surface area contributed by atoms with Crippen LogP contribution in [0.15, 0.2) is 24.3 Å². The Morgan fingerprint density at radius 2 is 2.00 bits per heavy atom. The van der Waals surface area contributed by atoms with Gasteiger partial charge in [0.05, 0.1) is 0 Å². The molecule has 1 saturated heterocycles. The van der Waals surface area contributed by atoms with Crippen LogP contribution in [0.1, 0.15) is 44.2 Å². The topological polar surface area (TPSA) is 46.3 Å². The first-order valence-corrected chi connectivity index (χ1v) is 7.97. The normalized spacial score (nSPS) is 21.3. The van der Waals surface area contributed by atoms with Crippen molar-refractivity contribution in [2.24, 2.45) is 11.1 Å². The summed E-state index contributed by atoms with van der Waals surface area (Å²) in [5.41, 5.74) is 8.75. The van der Waals surface area contributed by atoms with E-state index in [1.165, 1.54) is 11.1 Å². The summed E-state index contributed by atoms with van der Waals surface area (Å²) in [4.78, 5) is 14.3. The van der Waals surface area contributed by atoms with Gasteiger partial charge in [0.25, 0.3) is 0 Å². The van der Waals surface area contributed by atoms with Crippen LogP contribution in [0.25, 0.3) is 0 Å². The van der Waals surface area contributed by atoms with Crippen LogP contribution in [0, 0.1) is 12.3 Å². The summed E-state index contributed by atoms with van der Waals surface area (Å²) in [5.74, 6) is 0.280. The molecule has 1 amide bonds. The molecule has 3 nitrogen and oxygen atoms in total. The fourth-order valence-corrected chi connectivity index (χ4v) is 2.94. The van der Waals surface area contributed by atoms with Crippen molar-refractivity contribution in [2.45, 2.75) is 52.5 Å². The van der Waals surface area contributed by atoms with Crippen molar-refractivity contribution in [1.29, 1.82) is 0 Å². The Bertz CT molecular complexity index is 478. The van der Waals surface area contributed by atoms with Gasteiger partial charge in [-0.15, -0.1) is 0 Å². The number of carbonyl (C=O) groups is 1. The zero-order valence-corrected chi connectivity index (χ0v) is 13.6. The van der Waals surface area contributed by atoms with Crippen molar-refractivity contribution in [1.82, 2.24) is 4.90 Å². The van der Waals surface area contributed by atoms with Gasteiger partial charge in [0.15, 0.2) is 0 Å². The lowest BCUT2D eigenvalue weighted by molar-refractivity contribution is -0.134. The standard InChI is InChI=1S/C18H28N2O/c1-14-7-9-15(10-8-14)5-4-6-17(21)20-12-11-16(19)18(2,3)13-20/h7-10,16H,4-6,11-13,19H2,1-3H3. The molecule has 1 unspecified atom stereocenters. The summed E-state index contributed by atoms with van der Waals surface area (Å²) >= 11 is 0. The summed E-state index contributed by atoms with van der Waals surface area (Å²) < 4.78 is 0. The molecule has 0 spiro atoms. The summed E-state index contributed by atoms with van der Waals surface area (Å²) in [6, 6.07) is 8.78. The Labute approximate surface area is 128 Å². The van der Waals surface area contributed by atoms with Crippen LogP contribution in [0.5, 0.6) is 0 Å². The maximum Gasteiger partial charge on any atom is 0.222 e. The van der Waals surface area contributed by atoms with Crippen molar-refractivity contribution in [3.05, 3.63) is 35.4 Å². The van der Waals surface area contributed by atoms with E-state index in [1.54, 1.807) is 0 Å². The molecule has 1 aliphatic heterocycles. The summed E-state index contributed by atoms with van der Waals surface area (Å²) in [6.07, 6.45) is 3.45. The van der Waals surface area contributed by atoms with E-state index < -0.39 is 0 Å². The Balaban J connectivity index is 1.78. The third kappa shape index (κ3) is 4.31. The monoisotopic (exact) mass is 288 g/mol. The first-order chi connectivity index (χ1) is 9.88. The van der Waals surface area contributed by atoms with Crippen LogP contribution < -0.4 is 5.73 Å². The fourth-order valence-electron chi connectivity index (χ4n) is 2.94. The lowest BCUT2D eigenvalue weighted by Gasteiger charge is -2.42. The number of amides is 1. The molecule has 21 heavy (non-hydrogen) atoms. The molecule has 2 N–H and O–H groups in total. The molecule has 1 atom stereocenters. The Morgan fingerprint density at radius 3 is 2.62 bits per heavy atom. The second-order valence-electron chi connectivity index (χ2n) is 7.04. The predicted molar refractivity (Wildman–Crippen MR) is 87.1 cm³/mol. The second kappa shape index (κ2) is 6.61. The number of nitrogens with two attached hydrogens (primary N) is 1. The van der Waals surface area contributed by atoms with E-state index >= 15 is 0 Å². The van der Waals surface area contributed by atoms with Gasteiger partial charge in [0.2, 0.25) is 5.91 Å². The van der Waals surface area contributed by atoms with Crippen molar-refractivity contribution in [3.8, 4) is 0 Å². The van der Waals surface area contributed by atoms with E-state index in [4.69, 9.17) is 5.73 Å². The van der Waals surface area contributed by atoms with Crippen LogP contribution in [-0.2, 0) is 11.2 Å². The summed E-state index contributed by atoms with van der Waals surface area (Å²) in [7, 11) is 0. The van der Waals surface area contributed by atoms with Crippen LogP contribution in [-0.4, -0.2) is 29.9 Å². The SMILES string of the molecule is Cc1ccc(CCCC(=O)N2CCC(N)C(C)(C)C2)cc1. The van der Waals surface area contributed by atoms with Crippen molar-refractivity contribution >= 4 is 5.91 Å².